The third kappa shape index (κ3) is 4.28. The number of hydrogen-bond acceptors (Lipinski definition) is 5. The van der Waals surface area contributed by atoms with Gasteiger partial charge in [-0.25, -0.2) is 14.6 Å². The van der Waals surface area contributed by atoms with Crippen LogP contribution >= 0.6 is 11.6 Å². The van der Waals surface area contributed by atoms with Crippen LogP contribution in [0, 0.1) is 0 Å². The molecule has 0 atom stereocenters. The molecule has 27 heavy (non-hydrogen) atoms. The summed E-state index contributed by atoms with van der Waals surface area (Å²) in [5, 5.41) is 5.11. The summed E-state index contributed by atoms with van der Waals surface area (Å²) in [5.41, 5.74) is 1.67. The Bertz CT molecular complexity index is 953. The van der Waals surface area contributed by atoms with Crippen molar-refractivity contribution < 1.29 is 9.47 Å². The summed E-state index contributed by atoms with van der Waals surface area (Å²) in [6.45, 7) is 2.00. The van der Waals surface area contributed by atoms with Gasteiger partial charge in [-0.1, -0.05) is 23.8 Å². The number of benzene rings is 1. The lowest BCUT2D eigenvalue weighted by molar-refractivity contribution is 0.354. The van der Waals surface area contributed by atoms with Crippen LogP contribution < -0.4 is 9.47 Å². The van der Waals surface area contributed by atoms with Crippen LogP contribution in [0.4, 0.5) is 0 Å². The van der Waals surface area contributed by atoms with Gasteiger partial charge in [-0.2, -0.15) is 0 Å². The average Bonchev–Trinajstić information content (AvgIpc) is 3.12. The van der Waals surface area contributed by atoms with E-state index in [4.69, 9.17) is 31.2 Å². The van der Waals surface area contributed by atoms with E-state index in [1.807, 2.05) is 41.9 Å². The molecule has 3 aromatic rings. The number of nitrogens with zero attached hydrogens (tertiary/aromatic N) is 4. The predicted octanol–water partition coefficient (Wildman–Crippen LogP) is 4.51. The Labute approximate surface area is 163 Å². The summed E-state index contributed by atoms with van der Waals surface area (Å²) < 4.78 is 12.6. The number of hydrogen-bond donors (Lipinski definition) is 0. The highest BCUT2D eigenvalue weighted by molar-refractivity contribution is 6.29. The largest absolute Gasteiger partial charge is 0.493 e. The molecule has 7 heteroatoms. The first kappa shape index (κ1) is 18.9. The number of aryl methyl sites for hydroxylation is 1. The van der Waals surface area contributed by atoms with Crippen LogP contribution in [-0.2, 0) is 6.42 Å². The Balaban J connectivity index is 2.07. The zero-order chi connectivity index (χ0) is 19.2. The van der Waals surface area contributed by atoms with E-state index in [-0.39, 0.29) is 0 Å². The molecule has 0 saturated heterocycles. The molecule has 6 nitrogen and oxygen atoms in total. The van der Waals surface area contributed by atoms with Crippen molar-refractivity contribution in [2.75, 3.05) is 14.2 Å². The van der Waals surface area contributed by atoms with Crippen molar-refractivity contribution in [3.05, 3.63) is 59.7 Å². The Hall–Kier alpha value is -2.86. The zero-order valence-corrected chi connectivity index (χ0v) is 16.3. The Morgan fingerprint density at radius 1 is 1.11 bits per heavy atom. The molecule has 0 aliphatic rings. The van der Waals surface area contributed by atoms with Gasteiger partial charge in [-0.15, -0.1) is 5.10 Å². The molecule has 1 aromatic carbocycles. The summed E-state index contributed by atoms with van der Waals surface area (Å²) in [6, 6.07) is 9.27. The monoisotopic (exact) mass is 384 g/mol. The third-order valence-electron chi connectivity index (χ3n) is 4.04. The van der Waals surface area contributed by atoms with Gasteiger partial charge in [-0.05, 0) is 37.6 Å². The minimum absolute atomic E-state index is 0.408. The minimum Gasteiger partial charge on any atom is -0.493 e. The molecule has 0 amide bonds. The second-order valence-electron chi connectivity index (χ2n) is 5.78. The maximum Gasteiger partial charge on any atom is 0.181 e. The summed E-state index contributed by atoms with van der Waals surface area (Å²) >= 11 is 6.02. The van der Waals surface area contributed by atoms with E-state index >= 15 is 0 Å². The summed E-state index contributed by atoms with van der Waals surface area (Å²) in [6.07, 6.45) is 7.41. The van der Waals surface area contributed by atoms with E-state index in [2.05, 4.69) is 11.1 Å². The lowest BCUT2D eigenvalue weighted by atomic mass is 10.2. The fraction of sp³-hybridized carbons (Fsp3) is 0.250. The number of allylic oxidation sites excluding steroid dienone is 2. The van der Waals surface area contributed by atoms with Crippen LogP contribution in [0.2, 0.25) is 5.15 Å². The van der Waals surface area contributed by atoms with E-state index in [0.29, 0.717) is 22.5 Å². The van der Waals surface area contributed by atoms with E-state index in [1.54, 1.807) is 26.5 Å². The highest BCUT2D eigenvalue weighted by Crippen LogP contribution is 2.30. The molecule has 0 bridgehead atoms. The summed E-state index contributed by atoms with van der Waals surface area (Å²) in [5.74, 6) is 2.75. The predicted molar refractivity (Wildman–Crippen MR) is 106 cm³/mol. The smallest absolute Gasteiger partial charge is 0.181 e. The highest BCUT2D eigenvalue weighted by Gasteiger charge is 2.15. The molecule has 2 heterocycles. The van der Waals surface area contributed by atoms with Crippen molar-refractivity contribution in [2.24, 2.45) is 0 Å². The molecule has 3 rings (SSSR count). The maximum absolute atomic E-state index is 6.02. The maximum atomic E-state index is 6.02. The summed E-state index contributed by atoms with van der Waals surface area (Å²) in [4.78, 5) is 8.75. The van der Waals surface area contributed by atoms with Gasteiger partial charge in [-0.3, -0.25) is 0 Å². The molecule has 0 spiro atoms. The van der Waals surface area contributed by atoms with Crippen molar-refractivity contribution >= 4 is 11.6 Å². The molecule has 140 valence electrons. The molecular weight excluding hydrogens is 364 g/mol. The highest BCUT2D eigenvalue weighted by atomic mass is 35.5. The van der Waals surface area contributed by atoms with Gasteiger partial charge in [0.2, 0.25) is 0 Å². The standard InChI is InChI=1S/C20H21ClN4O2/c1-4-5-6-7-19-23-20(14-10-11-22-18(21)12-14)24-25(19)15-8-9-16(26-2)17(13-15)27-3/h4-5,8-13H,6-7H2,1-3H3/b5-4+. The van der Waals surface area contributed by atoms with Gasteiger partial charge in [0, 0.05) is 24.2 Å². The average molecular weight is 385 g/mol. The normalized spacial score (nSPS) is 11.1. The first-order valence-corrected chi connectivity index (χ1v) is 8.95. The Morgan fingerprint density at radius 2 is 1.93 bits per heavy atom. The molecule has 2 aromatic heterocycles. The van der Waals surface area contributed by atoms with E-state index in [0.717, 1.165) is 29.9 Å². The van der Waals surface area contributed by atoms with Crippen LogP contribution in [0.25, 0.3) is 17.1 Å². The summed E-state index contributed by atoms with van der Waals surface area (Å²) in [7, 11) is 3.22. The van der Waals surface area contributed by atoms with Gasteiger partial charge in [0.15, 0.2) is 17.3 Å². The number of halogens is 1. The zero-order valence-electron chi connectivity index (χ0n) is 15.5. The fourth-order valence-corrected chi connectivity index (χ4v) is 2.89. The van der Waals surface area contributed by atoms with Gasteiger partial charge in [0.1, 0.15) is 11.0 Å². The van der Waals surface area contributed by atoms with Gasteiger partial charge >= 0.3 is 0 Å². The van der Waals surface area contributed by atoms with Crippen LogP contribution in [0.3, 0.4) is 0 Å². The number of ether oxygens (including phenoxy) is 2. The second-order valence-corrected chi connectivity index (χ2v) is 6.16. The second kappa shape index (κ2) is 8.68. The first-order valence-electron chi connectivity index (χ1n) is 8.57. The Kier molecular flexibility index (Phi) is 6.08. The van der Waals surface area contributed by atoms with Gasteiger partial charge in [0.25, 0.3) is 0 Å². The van der Waals surface area contributed by atoms with E-state index in [9.17, 15) is 0 Å². The number of pyridine rings is 1. The van der Waals surface area contributed by atoms with Crippen LogP contribution in [0.15, 0.2) is 48.7 Å². The molecule has 0 radical (unpaired) electrons. The first-order chi connectivity index (χ1) is 13.2. The lowest BCUT2D eigenvalue weighted by Crippen LogP contribution is -2.04. The quantitative estimate of drug-likeness (QED) is 0.443. The van der Waals surface area contributed by atoms with Crippen LogP contribution in [0.5, 0.6) is 11.5 Å². The number of aromatic nitrogens is 4. The molecule has 0 saturated carbocycles. The molecule has 0 aliphatic heterocycles. The van der Waals surface area contributed by atoms with Crippen molar-refractivity contribution in [2.45, 2.75) is 19.8 Å². The minimum atomic E-state index is 0.408. The molecule has 0 aliphatic carbocycles. The van der Waals surface area contributed by atoms with Crippen molar-refractivity contribution in [1.29, 1.82) is 0 Å². The third-order valence-corrected chi connectivity index (χ3v) is 4.25. The Morgan fingerprint density at radius 3 is 2.63 bits per heavy atom. The topological polar surface area (TPSA) is 62.1 Å². The lowest BCUT2D eigenvalue weighted by Gasteiger charge is -2.10. The fourth-order valence-electron chi connectivity index (χ4n) is 2.71. The van der Waals surface area contributed by atoms with Crippen molar-refractivity contribution in [3.8, 4) is 28.6 Å². The molecule has 0 unspecified atom stereocenters. The number of rotatable bonds is 7. The van der Waals surface area contributed by atoms with Gasteiger partial charge < -0.3 is 9.47 Å². The van der Waals surface area contributed by atoms with E-state index in [1.165, 1.54) is 0 Å². The van der Waals surface area contributed by atoms with Crippen molar-refractivity contribution in [3.63, 3.8) is 0 Å². The number of methoxy groups -OCH3 is 2. The molecule has 0 N–H and O–H groups in total. The van der Waals surface area contributed by atoms with Crippen LogP contribution in [0.1, 0.15) is 19.2 Å². The van der Waals surface area contributed by atoms with Gasteiger partial charge in [0.05, 0.1) is 19.9 Å². The molecule has 0 fully saturated rings. The van der Waals surface area contributed by atoms with Crippen LogP contribution in [-0.4, -0.2) is 34.0 Å². The molecular formula is C20H21ClN4O2. The van der Waals surface area contributed by atoms with Crippen molar-refractivity contribution in [1.82, 2.24) is 19.7 Å². The van der Waals surface area contributed by atoms with E-state index < -0.39 is 0 Å². The SMILES string of the molecule is C/C=C/CCc1nc(-c2ccnc(Cl)c2)nn1-c1ccc(OC)c(OC)c1.